The summed E-state index contributed by atoms with van der Waals surface area (Å²) in [7, 11) is 0. The van der Waals surface area contributed by atoms with E-state index in [-0.39, 0.29) is 39.4 Å². The molecule has 0 radical (unpaired) electrons. The van der Waals surface area contributed by atoms with Crippen LogP contribution in [0.25, 0.3) is 16.8 Å². The Bertz CT molecular complexity index is 1940. The maximum Gasteiger partial charge on any atom is 0.416 e. The van der Waals surface area contributed by atoms with Crippen molar-refractivity contribution in [2.24, 2.45) is 0 Å². The molecule has 4 N–H and O–H groups in total. The van der Waals surface area contributed by atoms with Gasteiger partial charge in [-0.25, -0.2) is 13.3 Å². The molecule has 2 aromatic heterocycles. The fourth-order valence-electron chi connectivity index (χ4n) is 4.83. The Hall–Kier alpha value is -5.04. The molecule has 0 spiro atoms. The van der Waals surface area contributed by atoms with Crippen molar-refractivity contribution in [3.05, 3.63) is 111 Å². The van der Waals surface area contributed by atoms with Gasteiger partial charge in [-0.3, -0.25) is 9.59 Å². The lowest BCUT2D eigenvalue weighted by Crippen LogP contribution is -2.21. The molecule has 5 aromatic rings. The van der Waals surface area contributed by atoms with Gasteiger partial charge in [-0.2, -0.15) is 18.2 Å². The van der Waals surface area contributed by atoms with Gasteiger partial charge in [0.05, 0.1) is 11.6 Å². The lowest BCUT2D eigenvalue weighted by atomic mass is 9.92. The molecule has 3 aromatic carbocycles. The summed E-state index contributed by atoms with van der Waals surface area (Å²) in [6.07, 6.45) is -3.34. The van der Waals surface area contributed by atoms with Gasteiger partial charge in [0.1, 0.15) is 11.6 Å². The summed E-state index contributed by atoms with van der Waals surface area (Å²) in [5.41, 5.74) is 5.46. The van der Waals surface area contributed by atoms with Gasteiger partial charge in [0.15, 0.2) is 5.65 Å². The summed E-state index contributed by atoms with van der Waals surface area (Å²) < 4.78 is 69.7. The number of nitrogens with one attached hydrogen (secondary N) is 2. The number of hydrogen-bond donors (Lipinski definition) is 3. The molecule has 0 fully saturated rings. The Morgan fingerprint density at radius 3 is 2.55 bits per heavy atom. The van der Waals surface area contributed by atoms with E-state index in [2.05, 4.69) is 20.7 Å². The highest BCUT2D eigenvalue weighted by Gasteiger charge is 2.36. The van der Waals surface area contributed by atoms with Crippen LogP contribution in [0.15, 0.2) is 66.9 Å². The molecule has 0 saturated carbocycles. The van der Waals surface area contributed by atoms with Gasteiger partial charge in [0.2, 0.25) is 5.95 Å². The number of benzene rings is 3. The van der Waals surface area contributed by atoms with Gasteiger partial charge in [0, 0.05) is 39.2 Å². The topological polar surface area (TPSA) is 114 Å². The lowest BCUT2D eigenvalue weighted by molar-refractivity contribution is -0.137. The lowest BCUT2D eigenvalue weighted by Gasteiger charge is -2.19. The van der Waals surface area contributed by atoms with E-state index in [0.29, 0.717) is 28.9 Å². The zero-order chi connectivity index (χ0) is 29.9. The maximum absolute atomic E-state index is 14.2. The highest BCUT2D eigenvalue weighted by Crippen LogP contribution is 2.42. The number of rotatable bonds is 4. The predicted octanol–water partition coefficient (Wildman–Crippen LogP) is 6.01. The van der Waals surface area contributed by atoms with Crippen molar-refractivity contribution >= 4 is 40.7 Å². The smallest absolute Gasteiger partial charge is 0.366 e. The summed E-state index contributed by atoms with van der Waals surface area (Å²) in [6, 6.07) is 10.2. The second-order valence-electron chi connectivity index (χ2n) is 9.43. The fourth-order valence-corrected chi connectivity index (χ4v) is 5.06. The molecule has 8 nitrogen and oxygen atoms in total. The summed E-state index contributed by atoms with van der Waals surface area (Å²) in [5.74, 6) is -3.54. The molecular formula is C28H16ClF5N6O2. The van der Waals surface area contributed by atoms with Crippen LogP contribution in [0.2, 0.25) is 5.02 Å². The molecule has 0 unspecified atom stereocenters. The average molecular weight is 599 g/mol. The van der Waals surface area contributed by atoms with Crippen molar-refractivity contribution in [3.8, 4) is 11.1 Å². The minimum absolute atomic E-state index is 0.00477. The number of fused-ring (bicyclic) bond motifs is 2. The fraction of sp³-hybridized carbons (Fsp3) is 0.0714. The van der Waals surface area contributed by atoms with E-state index < -0.39 is 46.8 Å². The Morgan fingerprint density at radius 1 is 1.00 bits per heavy atom. The number of nitrogens with two attached hydrogens (primary N) is 1. The molecule has 2 amide bonds. The maximum atomic E-state index is 14.2. The number of aromatic nitrogens is 3. The quantitative estimate of drug-likeness (QED) is 0.219. The summed E-state index contributed by atoms with van der Waals surface area (Å²) in [4.78, 5) is 30.5. The molecule has 42 heavy (non-hydrogen) atoms. The van der Waals surface area contributed by atoms with Gasteiger partial charge in [-0.05, 0) is 71.8 Å². The third-order valence-corrected chi connectivity index (χ3v) is 7.02. The minimum atomic E-state index is -4.91. The zero-order valence-electron chi connectivity index (χ0n) is 20.9. The first-order valence-corrected chi connectivity index (χ1v) is 12.5. The van der Waals surface area contributed by atoms with E-state index in [1.54, 1.807) is 18.3 Å². The van der Waals surface area contributed by atoms with Crippen LogP contribution in [0.4, 0.5) is 33.6 Å². The normalized spacial score (nSPS) is 14.6. The first-order chi connectivity index (χ1) is 19.9. The molecule has 0 aliphatic carbocycles. The number of halogens is 6. The summed E-state index contributed by atoms with van der Waals surface area (Å²) >= 11 is 6.33. The van der Waals surface area contributed by atoms with Crippen LogP contribution in [0.1, 0.15) is 43.4 Å². The second-order valence-corrected chi connectivity index (χ2v) is 9.83. The number of anilines is 2. The van der Waals surface area contributed by atoms with E-state index in [1.165, 1.54) is 22.7 Å². The Labute approximate surface area is 237 Å². The van der Waals surface area contributed by atoms with Crippen LogP contribution < -0.4 is 16.4 Å². The van der Waals surface area contributed by atoms with E-state index in [0.717, 1.165) is 12.1 Å². The number of hydrogen-bond acceptors (Lipinski definition) is 5. The predicted molar refractivity (Wildman–Crippen MR) is 143 cm³/mol. The third kappa shape index (κ3) is 4.87. The van der Waals surface area contributed by atoms with Gasteiger partial charge in [-0.1, -0.05) is 11.6 Å². The molecule has 0 saturated heterocycles. The zero-order valence-corrected chi connectivity index (χ0v) is 21.7. The minimum Gasteiger partial charge on any atom is -0.366 e. The number of amides is 2. The average Bonchev–Trinajstić information content (AvgIpc) is 3.47. The van der Waals surface area contributed by atoms with Crippen molar-refractivity contribution < 1.29 is 31.5 Å². The molecule has 1 aliphatic rings. The number of alkyl halides is 3. The Balaban J connectivity index is 1.51. The van der Waals surface area contributed by atoms with Gasteiger partial charge < -0.3 is 16.4 Å². The number of carbonyl (C=O) groups is 2. The van der Waals surface area contributed by atoms with Gasteiger partial charge >= 0.3 is 6.18 Å². The molecule has 1 atom stereocenters. The number of pyridine rings is 1. The van der Waals surface area contributed by atoms with Crippen molar-refractivity contribution in [2.75, 3.05) is 11.1 Å². The van der Waals surface area contributed by atoms with E-state index in [9.17, 15) is 31.5 Å². The standard InChI is InChI=1S/C28H16ClF5N6O2/c29-20-2-1-16(30)11-18(20)24-23-19(26(42)38-24)7-13(12-3-4-40-22(9-12)37-27(35)39-40)8-21(23)36-25(41)14-5-15(28(32,33)34)10-17(31)6-14/h1-11,24H,(H2,35,39)(H,36,41)(H,38,42)/t24-/m1/s1. The second kappa shape index (κ2) is 9.80. The SMILES string of the molecule is Nc1nc2cc(-c3cc(NC(=O)c4cc(F)cc(C(F)(F)F)c4)c4c(c3)C(=O)N[C@@H]4c3cc(F)ccc3Cl)ccn2n1. The van der Waals surface area contributed by atoms with Crippen LogP contribution in [0, 0.1) is 11.6 Å². The van der Waals surface area contributed by atoms with Gasteiger partial charge in [0.25, 0.3) is 11.8 Å². The molecule has 6 rings (SSSR count). The first kappa shape index (κ1) is 27.1. The highest BCUT2D eigenvalue weighted by molar-refractivity contribution is 6.31. The molecular weight excluding hydrogens is 583 g/mol. The molecule has 212 valence electrons. The van der Waals surface area contributed by atoms with Crippen molar-refractivity contribution in [1.29, 1.82) is 0 Å². The third-order valence-electron chi connectivity index (χ3n) is 6.68. The van der Waals surface area contributed by atoms with E-state index in [1.807, 2.05) is 0 Å². The summed E-state index contributed by atoms with van der Waals surface area (Å²) in [6.45, 7) is 0. The Kier molecular flexibility index (Phi) is 6.34. The molecule has 1 aliphatic heterocycles. The molecule has 0 bridgehead atoms. The van der Waals surface area contributed by atoms with Crippen molar-refractivity contribution in [3.63, 3.8) is 0 Å². The van der Waals surface area contributed by atoms with Crippen LogP contribution in [0.5, 0.6) is 0 Å². The number of carbonyl (C=O) groups excluding carboxylic acids is 2. The largest absolute Gasteiger partial charge is 0.416 e. The van der Waals surface area contributed by atoms with E-state index in [4.69, 9.17) is 17.3 Å². The first-order valence-electron chi connectivity index (χ1n) is 12.1. The number of nitrogens with zero attached hydrogens (tertiary/aromatic N) is 3. The molecule has 3 heterocycles. The van der Waals surface area contributed by atoms with Crippen LogP contribution >= 0.6 is 11.6 Å². The van der Waals surface area contributed by atoms with Crippen LogP contribution in [-0.4, -0.2) is 26.4 Å². The van der Waals surface area contributed by atoms with Crippen molar-refractivity contribution in [1.82, 2.24) is 19.9 Å². The van der Waals surface area contributed by atoms with E-state index >= 15 is 0 Å². The van der Waals surface area contributed by atoms with Gasteiger partial charge in [-0.15, -0.1) is 5.10 Å². The van der Waals surface area contributed by atoms with Crippen LogP contribution in [-0.2, 0) is 6.18 Å². The monoisotopic (exact) mass is 598 g/mol. The van der Waals surface area contributed by atoms with Crippen LogP contribution in [0.3, 0.4) is 0 Å². The Morgan fingerprint density at radius 2 is 1.79 bits per heavy atom. The molecule has 14 heteroatoms. The summed E-state index contributed by atoms with van der Waals surface area (Å²) in [5, 5.41) is 9.35. The highest BCUT2D eigenvalue weighted by atomic mass is 35.5. The number of nitrogen functional groups attached to an aromatic ring is 1. The van der Waals surface area contributed by atoms with Crippen molar-refractivity contribution in [2.45, 2.75) is 12.2 Å².